The molecule has 0 spiro atoms. The monoisotopic (exact) mass is 377 g/mol. The van der Waals surface area contributed by atoms with Crippen LogP contribution in [0.3, 0.4) is 0 Å². The normalized spacial score (nSPS) is 15.1. The third-order valence-corrected chi connectivity index (χ3v) is 4.53. The Morgan fingerprint density at radius 1 is 1.21 bits per heavy atom. The van der Waals surface area contributed by atoms with E-state index >= 15 is 0 Å². The number of amides is 2. The summed E-state index contributed by atoms with van der Waals surface area (Å²) in [5.41, 5.74) is 2.53. The lowest BCUT2D eigenvalue weighted by Gasteiger charge is -2.12. The number of nitrogens with zero attached hydrogens (tertiary/aromatic N) is 3. The Balaban J connectivity index is 1.52. The van der Waals surface area contributed by atoms with E-state index in [0.717, 1.165) is 11.1 Å². The molecule has 2 amide bonds. The fraction of sp³-hybridized carbons (Fsp3) is 0.200. The second-order valence-electron chi connectivity index (χ2n) is 6.53. The third-order valence-electron chi connectivity index (χ3n) is 4.53. The molecule has 142 valence electrons. The van der Waals surface area contributed by atoms with E-state index < -0.39 is 6.04 Å². The van der Waals surface area contributed by atoms with Crippen molar-refractivity contribution < 1.29 is 14.3 Å². The lowest BCUT2D eigenvalue weighted by Crippen LogP contribution is -2.24. The molecular formula is C20H19N5O3. The fourth-order valence-electron chi connectivity index (χ4n) is 3.06. The predicted molar refractivity (Wildman–Crippen MR) is 104 cm³/mol. The lowest BCUT2D eigenvalue weighted by atomic mass is 10.1. The summed E-state index contributed by atoms with van der Waals surface area (Å²) in [6.45, 7) is 2.00. The van der Waals surface area contributed by atoms with Crippen LogP contribution in [0.4, 0.5) is 11.6 Å². The van der Waals surface area contributed by atoms with Gasteiger partial charge in [-0.05, 0) is 19.1 Å². The number of methoxy groups -OCH3 is 1. The van der Waals surface area contributed by atoms with Crippen LogP contribution >= 0.6 is 0 Å². The first kappa shape index (κ1) is 17.7. The molecule has 2 aromatic carbocycles. The van der Waals surface area contributed by atoms with E-state index in [0.29, 0.717) is 23.2 Å². The summed E-state index contributed by atoms with van der Waals surface area (Å²) < 4.78 is 6.70. The van der Waals surface area contributed by atoms with Gasteiger partial charge < -0.3 is 10.1 Å². The molecule has 0 bridgehead atoms. The van der Waals surface area contributed by atoms with Crippen molar-refractivity contribution in [1.29, 1.82) is 0 Å². The third kappa shape index (κ3) is 3.32. The SMILES string of the molecule is COc1ccccc1NC(=O)CC1C(=O)Nc2nc(-c3ccc(C)cc3)nn21. The number of aromatic nitrogens is 3. The van der Waals surface area contributed by atoms with Crippen molar-refractivity contribution >= 4 is 23.5 Å². The predicted octanol–water partition coefficient (Wildman–Crippen LogP) is 2.78. The van der Waals surface area contributed by atoms with Crippen LogP contribution in [-0.2, 0) is 9.59 Å². The molecule has 2 N–H and O–H groups in total. The van der Waals surface area contributed by atoms with Crippen molar-refractivity contribution in [3.63, 3.8) is 0 Å². The van der Waals surface area contributed by atoms with Crippen molar-refractivity contribution in [3.8, 4) is 17.1 Å². The maximum Gasteiger partial charge on any atom is 0.252 e. The second kappa shape index (κ2) is 7.15. The van der Waals surface area contributed by atoms with E-state index in [-0.39, 0.29) is 18.2 Å². The number of hydrogen-bond acceptors (Lipinski definition) is 5. The summed E-state index contributed by atoms with van der Waals surface area (Å²) in [5.74, 6) is 0.779. The first-order valence-corrected chi connectivity index (χ1v) is 8.82. The molecule has 8 nitrogen and oxygen atoms in total. The number of rotatable bonds is 5. The van der Waals surface area contributed by atoms with Crippen molar-refractivity contribution in [2.24, 2.45) is 0 Å². The van der Waals surface area contributed by atoms with E-state index in [9.17, 15) is 9.59 Å². The van der Waals surface area contributed by atoms with Crippen LogP contribution in [0.5, 0.6) is 5.75 Å². The average molecular weight is 377 g/mol. The van der Waals surface area contributed by atoms with Gasteiger partial charge in [0.1, 0.15) is 11.8 Å². The minimum atomic E-state index is -0.753. The first-order chi connectivity index (χ1) is 13.5. The van der Waals surface area contributed by atoms with E-state index in [1.807, 2.05) is 37.3 Å². The smallest absolute Gasteiger partial charge is 0.252 e. The minimum Gasteiger partial charge on any atom is -0.495 e. The highest BCUT2D eigenvalue weighted by Crippen LogP contribution is 2.29. The zero-order valence-corrected chi connectivity index (χ0v) is 15.5. The Kier molecular flexibility index (Phi) is 4.52. The average Bonchev–Trinajstić information content (AvgIpc) is 3.21. The number of nitrogens with one attached hydrogen (secondary N) is 2. The molecule has 3 aromatic rings. The molecule has 1 atom stereocenters. The van der Waals surface area contributed by atoms with Crippen LogP contribution in [0.1, 0.15) is 18.0 Å². The zero-order valence-electron chi connectivity index (χ0n) is 15.5. The van der Waals surface area contributed by atoms with Crippen molar-refractivity contribution in [2.45, 2.75) is 19.4 Å². The molecule has 1 aliphatic rings. The van der Waals surface area contributed by atoms with Gasteiger partial charge in [0.05, 0.1) is 19.2 Å². The maximum absolute atomic E-state index is 12.5. The van der Waals surface area contributed by atoms with Crippen molar-refractivity contribution in [3.05, 3.63) is 54.1 Å². The lowest BCUT2D eigenvalue weighted by molar-refractivity contribution is -0.123. The first-order valence-electron chi connectivity index (χ1n) is 8.82. The van der Waals surface area contributed by atoms with Crippen LogP contribution in [0.25, 0.3) is 11.4 Å². The Morgan fingerprint density at radius 3 is 2.71 bits per heavy atom. The van der Waals surface area contributed by atoms with Gasteiger partial charge in [0, 0.05) is 5.56 Å². The van der Waals surface area contributed by atoms with Gasteiger partial charge in [0.25, 0.3) is 5.91 Å². The van der Waals surface area contributed by atoms with Gasteiger partial charge in [-0.2, -0.15) is 4.98 Å². The molecule has 1 aliphatic heterocycles. The second-order valence-corrected chi connectivity index (χ2v) is 6.53. The number of benzene rings is 2. The Bertz CT molecular complexity index is 1040. The van der Waals surface area contributed by atoms with Crippen LogP contribution in [0.15, 0.2) is 48.5 Å². The van der Waals surface area contributed by atoms with Gasteiger partial charge in [-0.3, -0.25) is 14.9 Å². The molecule has 1 unspecified atom stereocenters. The summed E-state index contributed by atoms with van der Waals surface area (Å²) in [4.78, 5) is 29.2. The van der Waals surface area contributed by atoms with E-state index in [2.05, 4.69) is 20.7 Å². The van der Waals surface area contributed by atoms with E-state index in [1.165, 1.54) is 11.8 Å². The number of carbonyl (C=O) groups excluding carboxylic acids is 2. The van der Waals surface area contributed by atoms with Crippen LogP contribution in [0, 0.1) is 6.92 Å². The number of carbonyl (C=O) groups is 2. The summed E-state index contributed by atoms with van der Waals surface area (Å²) in [6, 6.07) is 14.1. The van der Waals surface area contributed by atoms with Crippen LogP contribution in [-0.4, -0.2) is 33.7 Å². The number of anilines is 2. The number of fused-ring (bicyclic) bond motifs is 1. The number of ether oxygens (including phenoxy) is 1. The van der Waals surface area contributed by atoms with E-state index in [1.54, 1.807) is 18.2 Å². The zero-order chi connectivity index (χ0) is 19.7. The molecule has 0 aliphatic carbocycles. The molecule has 28 heavy (non-hydrogen) atoms. The highest BCUT2D eigenvalue weighted by molar-refractivity contribution is 6.01. The summed E-state index contributed by atoms with van der Waals surface area (Å²) >= 11 is 0. The topological polar surface area (TPSA) is 98.1 Å². The van der Waals surface area contributed by atoms with Gasteiger partial charge >= 0.3 is 0 Å². The van der Waals surface area contributed by atoms with Gasteiger partial charge in [0.2, 0.25) is 11.9 Å². The summed E-state index contributed by atoms with van der Waals surface area (Å²) in [7, 11) is 1.53. The fourth-order valence-corrected chi connectivity index (χ4v) is 3.06. The molecule has 0 saturated carbocycles. The number of aryl methyl sites for hydroxylation is 1. The molecular weight excluding hydrogens is 358 g/mol. The van der Waals surface area contributed by atoms with Crippen molar-refractivity contribution in [1.82, 2.24) is 14.8 Å². The largest absolute Gasteiger partial charge is 0.495 e. The Labute approximate surface area is 161 Å². The minimum absolute atomic E-state index is 0.0619. The van der Waals surface area contributed by atoms with Gasteiger partial charge in [-0.25, -0.2) is 4.68 Å². The Morgan fingerprint density at radius 2 is 1.96 bits per heavy atom. The highest BCUT2D eigenvalue weighted by Gasteiger charge is 2.35. The molecule has 0 radical (unpaired) electrons. The standard InChI is InChI=1S/C20H19N5O3/c1-12-7-9-13(10-8-12)18-22-20-23-19(27)15(25(20)24-18)11-17(26)21-14-5-3-4-6-16(14)28-2/h3-10,15H,11H2,1-2H3,(H,21,26)(H,22,23,24,27). The highest BCUT2D eigenvalue weighted by atomic mass is 16.5. The van der Waals surface area contributed by atoms with Crippen molar-refractivity contribution in [2.75, 3.05) is 17.7 Å². The molecule has 4 rings (SSSR count). The molecule has 0 fully saturated rings. The van der Waals surface area contributed by atoms with Gasteiger partial charge in [-0.1, -0.05) is 42.0 Å². The van der Waals surface area contributed by atoms with Crippen LogP contribution in [0.2, 0.25) is 0 Å². The Hall–Kier alpha value is -3.68. The van der Waals surface area contributed by atoms with Gasteiger partial charge in [0.15, 0.2) is 5.82 Å². The van der Waals surface area contributed by atoms with Gasteiger partial charge in [-0.15, -0.1) is 5.10 Å². The van der Waals surface area contributed by atoms with E-state index in [4.69, 9.17) is 4.74 Å². The van der Waals surface area contributed by atoms with Crippen LogP contribution < -0.4 is 15.4 Å². The molecule has 8 heteroatoms. The molecule has 2 heterocycles. The molecule has 1 aromatic heterocycles. The summed E-state index contributed by atoms with van der Waals surface area (Å²) in [6.07, 6.45) is -0.0619. The maximum atomic E-state index is 12.5. The summed E-state index contributed by atoms with van der Waals surface area (Å²) in [5, 5.41) is 9.90. The number of para-hydroxylation sites is 2. The number of hydrogen-bond donors (Lipinski definition) is 2. The molecule has 0 saturated heterocycles. The quantitative estimate of drug-likeness (QED) is 0.712.